The van der Waals surface area contributed by atoms with E-state index >= 15 is 0 Å². The summed E-state index contributed by atoms with van der Waals surface area (Å²) in [5, 5.41) is 11.9. The van der Waals surface area contributed by atoms with Crippen LogP contribution in [0.5, 0.6) is 0 Å². The number of fused-ring (bicyclic) bond motifs is 1. The molecule has 0 fully saturated rings. The molecule has 6 heteroatoms. The Labute approximate surface area is 123 Å². The molecule has 0 saturated heterocycles. The van der Waals surface area contributed by atoms with Gasteiger partial charge in [-0.25, -0.2) is 4.98 Å². The third kappa shape index (κ3) is 2.08. The fraction of sp³-hybridized carbons (Fsp3) is 0.0714. The van der Waals surface area contributed by atoms with Gasteiger partial charge in [0.25, 0.3) is 5.69 Å². The van der Waals surface area contributed by atoms with Gasteiger partial charge in [0.05, 0.1) is 16.0 Å². The maximum Gasteiger partial charge on any atom is 0.293 e. The maximum absolute atomic E-state index is 11.3. The molecular weight excluding hydrogens is 322 g/mol. The molecule has 1 heterocycles. The molecule has 0 radical (unpaired) electrons. The summed E-state index contributed by atoms with van der Waals surface area (Å²) in [6.07, 6.45) is 1.61. The van der Waals surface area contributed by atoms with Gasteiger partial charge in [-0.2, -0.15) is 0 Å². The number of aromatic nitrogens is 2. The Morgan fingerprint density at radius 2 is 2.05 bits per heavy atom. The SMILES string of the molecule is O=[N+]([O-])c1cc(CBr)ccc1-n1cnc2ccccc21. The average molecular weight is 332 g/mol. The number of nitro benzene ring substituents is 1. The van der Waals surface area contributed by atoms with E-state index < -0.39 is 0 Å². The molecule has 5 nitrogen and oxygen atoms in total. The molecule has 100 valence electrons. The zero-order valence-electron chi connectivity index (χ0n) is 10.4. The van der Waals surface area contributed by atoms with Crippen LogP contribution >= 0.6 is 15.9 Å². The van der Waals surface area contributed by atoms with Crippen LogP contribution in [0.15, 0.2) is 48.8 Å². The third-order valence-corrected chi connectivity index (χ3v) is 3.75. The second-order valence-corrected chi connectivity index (χ2v) is 4.88. The first-order chi connectivity index (χ1) is 9.70. The van der Waals surface area contributed by atoms with Gasteiger partial charge < -0.3 is 0 Å². The number of nitro groups is 1. The van der Waals surface area contributed by atoms with Gasteiger partial charge in [-0.15, -0.1) is 0 Å². The quantitative estimate of drug-likeness (QED) is 0.416. The summed E-state index contributed by atoms with van der Waals surface area (Å²) in [4.78, 5) is 15.2. The molecule has 2 aromatic carbocycles. The van der Waals surface area contributed by atoms with Crippen LogP contribution in [-0.4, -0.2) is 14.5 Å². The number of hydrogen-bond donors (Lipinski definition) is 0. The number of halogens is 1. The molecule has 0 aliphatic carbocycles. The molecule has 0 aliphatic rings. The molecule has 0 spiro atoms. The van der Waals surface area contributed by atoms with Crippen LogP contribution in [0.4, 0.5) is 5.69 Å². The van der Waals surface area contributed by atoms with Crippen molar-refractivity contribution in [3.63, 3.8) is 0 Å². The topological polar surface area (TPSA) is 61.0 Å². The van der Waals surface area contributed by atoms with E-state index in [9.17, 15) is 10.1 Å². The highest BCUT2D eigenvalue weighted by molar-refractivity contribution is 9.08. The minimum Gasteiger partial charge on any atom is -0.293 e. The van der Waals surface area contributed by atoms with Gasteiger partial charge in [-0.1, -0.05) is 34.1 Å². The van der Waals surface area contributed by atoms with Crippen molar-refractivity contribution < 1.29 is 4.92 Å². The van der Waals surface area contributed by atoms with Gasteiger partial charge in [0.1, 0.15) is 12.0 Å². The molecule has 0 amide bonds. The molecule has 20 heavy (non-hydrogen) atoms. The average Bonchev–Trinajstić information content (AvgIpc) is 2.90. The predicted octanol–water partition coefficient (Wildman–Crippen LogP) is 3.83. The second-order valence-electron chi connectivity index (χ2n) is 4.32. The minimum atomic E-state index is -0.365. The van der Waals surface area contributed by atoms with E-state index in [0.717, 1.165) is 16.6 Å². The lowest BCUT2D eigenvalue weighted by Crippen LogP contribution is -2.00. The van der Waals surface area contributed by atoms with Crippen molar-refractivity contribution >= 4 is 32.7 Å². The number of alkyl halides is 1. The molecule has 0 bridgehead atoms. The van der Waals surface area contributed by atoms with Crippen LogP contribution in [-0.2, 0) is 5.33 Å². The Kier molecular flexibility index (Phi) is 3.23. The normalized spacial score (nSPS) is 10.8. The molecular formula is C14H10BrN3O2. The summed E-state index contributed by atoms with van der Waals surface area (Å²) in [6, 6.07) is 12.8. The first-order valence-corrected chi connectivity index (χ1v) is 7.08. The number of para-hydroxylation sites is 2. The van der Waals surface area contributed by atoms with Gasteiger partial charge in [0.15, 0.2) is 0 Å². The molecule has 3 rings (SSSR count). The van der Waals surface area contributed by atoms with Crippen LogP contribution in [0.1, 0.15) is 5.56 Å². The van der Waals surface area contributed by atoms with Crippen LogP contribution < -0.4 is 0 Å². The first-order valence-electron chi connectivity index (χ1n) is 5.96. The fourth-order valence-corrected chi connectivity index (χ4v) is 2.50. The number of rotatable bonds is 3. The van der Waals surface area contributed by atoms with E-state index in [1.807, 2.05) is 30.3 Å². The molecule has 3 aromatic rings. The Hall–Kier alpha value is -2.21. The van der Waals surface area contributed by atoms with Crippen LogP contribution in [0.2, 0.25) is 0 Å². The Balaban J connectivity index is 2.26. The van der Waals surface area contributed by atoms with E-state index in [-0.39, 0.29) is 10.6 Å². The van der Waals surface area contributed by atoms with Gasteiger partial charge in [0, 0.05) is 11.4 Å². The zero-order valence-corrected chi connectivity index (χ0v) is 11.9. The minimum absolute atomic E-state index is 0.0742. The summed E-state index contributed by atoms with van der Waals surface area (Å²) in [5.74, 6) is 0. The second kappa shape index (κ2) is 5.05. The van der Waals surface area contributed by atoms with Crippen molar-refractivity contribution in [1.82, 2.24) is 9.55 Å². The van der Waals surface area contributed by atoms with Gasteiger partial charge >= 0.3 is 0 Å². The van der Waals surface area contributed by atoms with Gasteiger partial charge in [0.2, 0.25) is 0 Å². The lowest BCUT2D eigenvalue weighted by atomic mass is 10.2. The predicted molar refractivity (Wildman–Crippen MR) is 80.4 cm³/mol. The monoisotopic (exact) mass is 331 g/mol. The zero-order chi connectivity index (χ0) is 14.1. The smallest absolute Gasteiger partial charge is 0.293 e. The van der Waals surface area contributed by atoms with Crippen molar-refractivity contribution in [3.8, 4) is 5.69 Å². The Morgan fingerprint density at radius 1 is 1.25 bits per heavy atom. The van der Waals surface area contributed by atoms with Crippen molar-refractivity contribution in [2.45, 2.75) is 5.33 Å². The van der Waals surface area contributed by atoms with Crippen LogP contribution in [0, 0.1) is 10.1 Å². The van der Waals surface area contributed by atoms with Crippen molar-refractivity contribution in [1.29, 1.82) is 0 Å². The van der Waals surface area contributed by atoms with Crippen LogP contribution in [0.3, 0.4) is 0 Å². The van der Waals surface area contributed by atoms with Crippen molar-refractivity contribution in [2.24, 2.45) is 0 Å². The molecule has 1 aromatic heterocycles. The van der Waals surface area contributed by atoms with E-state index in [2.05, 4.69) is 20.9 Å². The number of imidazole rings is 1. The van der Waals surface area contributed by atoms with Crippen LogP contribution in [0.25, 0.3) is 16.7 Å². The van der Waals surface area contributed by atoms with Crippen molar-refractivity contribution in [3.05, 3.63) is 64.5 Å². The fourth-order valence-electron chi connectivity index (χ4n) is 2.15. The van der Waals surface area contributed by atoms with E-state index in [0.29, 0.717) is 11.0 Å². The maximum atomic E-state index is 11.3. The summed E-state index contributed by atoms with van der Waals surface area (Å²) in [6.45, 7) is 0. The van der Waals surface area contributed by atoms with Crippen molar-refractivity contribution in [2.75, 3.05) is 0 Å². The first kappa shape index (κ1) is 12.8. The molecule has 0 aliphatic heterocycles. The van der Waals surface area contributed by atoms with E-state index in [1.54, 1.807) is 23.0 Å². The molecule has 0 unspecified atom stereocenters. The highest BCUT2D eigenvalue weighted by atomic mass is 79.9. The summed E-state index contributed by atoms with van der Waals surface area (Å²) in [5.41, 5.74) is 3.12. The lowest BCUT2D eigenvalue weighted by Gasteiger charge is -2.06. The summed E-state index contributed by atoms with van der Waals surface area (Å²) in [7, 11) is 0. The molecule has 0 atom stereocenters. The lowest BCUT2D eigenvalue weighted by molar-refractivity contribution is -0.384. The van der Waals surface area contributed by atoms with Gasteiger partial charge in [-0.05, 0) is 23.8 Å². The number of benzene rings is 2. The Bertz CT molecular complexity index is 798. The number of nitrogens with zero attached hydrogens (tertiary/aromatic N) is 3. The standard InChI is InChI=1S/C14H10BrN3O2/c15-8-10-5-6-13(14(7-10)18(19)20)17-9-16-11-3-1-2-4-12(11)17/h1-7,9H,8H2. The highest BCUT2D eigenvalue weighted by Crippen LogP contribution is 2.28. The Morgan fingerprint density at radius 3 is 2.80 bits per heavy atom. The summed E-state index contributed by atoms with van der Waals surface area (Å²) >= 11 is 3.31. The molecule has 0 saturated carbocycles. The third-order valence-electron chi connectivity index (χ3n) is 3.10. The highest BCUT2D eigenvalue weighted by Gasteiger charge is 2.17. The van der Waals surface area contributed by atoms with E-state index in [4.69, 9.17) is 0 Å². The number of hydrogen-bond acceptors (Lipinski definition) is 3. The molecule has 0 N–H and O–H groups in total. The summed E-state index contributed by atoms with van der Waals surface area (Å²) < 4.78 is 1.74. The largest absolute Gasteiger partial charge is 0.293 e. The van der Waals surface area contributed by atoms with Gasteiger partial charge in [-0.3, -0.25) is 14.7 Å². The van der Waals surface area contributed by atoms with E-state index in [1.165, 1.54) is 0 Å².